The molecule has 110 valence electrons. The Bertz CT molecular complexity index is 609. The summed E-state index contributed by atoms with van der Waals surface area (Å²) in [6.07, 6.45) is 6.61. The van der Waals surface area contributed by atoms with Gasteiger partial charge in [0.1, 0.15) is 11.9 Å². The molecule has 0 N–H and O–H groups in total. The third-order valence-electron chi connectivity index (χ3n) is 5.19. The number of hydrogen-bond acceptors (Lipinski definition) is 5. The van der Waals surface area contributed by atoms with Crippen molar-refractivity contribution in [2.45, 2.75) is 18.9 Å². The molecule has 5 heteroatoms. The van der Waals surface area contributed by atoms with Crippen molar-refractivity contribution in [1.29, 1.82) is 0 Å². The summed E-state index contributed by atoms with van der Waals surface area (Å²) in [5, 5.41) is 0.800. The van der Waals surface area contributed by atoms with Crippen molar-refractivity contribution >= 4 is 11.3 Å². The molecule has 0 spiro atoms. The summed E-state index contributed by atoms with van der Waals surface area (Å²) < 4.78 is 11.7. The molecule has 1 aliphatic carbocycles. The van der Waals surface area contributed by atoms with Crippen LogP contribution in [0.1, 0.15) is 12.8 Å². The van der Waals surface area contributed by atoms with Gasteiger partial charge in [0.05, 0.1) is 17.3 Å². The van der Waals surface area contributed by atoms with Crippen LogP contribution < -0.4 is 4.74 Å². The third-order valence-corrected chi connectivity index (χ3v) is 6.09. The van der Waals surface area contributed by atoms with E-state index in [1.807, 2.05) is 18.3 Å². The summed E-state index contributed by atoms with van der Waals surface area (Å²) in [7, 11) is 0. The van der Waals surface area contributed by atoms with E-state index in [-0.39, 0.29) is 0 Å². The van der Waals surface area contributed by atoms with Crippen molar-refractivity contribution in [3.8, 4) is 15.8 Å². The third kappa shape index (κ3) is 2.02. The lowest BCUT2D eigenvalue weighted by Gasteiger charge is -2.55. The van der Waals surface area contributed by atoms with Crippen molar-refractivity contribution in [1.82, 2.24) is 9.88 Å². The molecule has 2 aromatic rings. The van der Waals surface area contributed by atoms with Crippen LogP contribution in [-0.4, -0.2) is 35.6 Å². The smallest absolute Gasteiger partial charge is 0.274 e. The average molecular weight is 302 g/mol. The Morgan fingerprint density at radius 2 is 2.10 bits per heavy atom. The number of rotatable bonds is 3. The normalized spacial score (nSPS) is 37.0. The summed E-state index contributed by atoms with van der Waals surface area (Å²) >= 11 is 1.59. The zero-order chi connectivity index (χ0) is 13.8. The molecular weight excluding hydrogens is 284 g/mol. The molecule has 5 heterocycles. The molecule has 3 saturated heterocycles. The second-order valence-electron chi connectivity index (χ2n) is 6.63. The molecule has 6 rings (SSSR count). The molecule has 0 amide bonds. The Labute approximate surface area is 127 Å². The first-order valence-electron chi connectivity index (χ1n) is 7.74. The molecule has 0 aromatic carbocycles. The number of nitrogens with zero attached hydrogens (tertiary/aromatic N) is 2. The Kier molecular flexibility index (Phi) is 2.67. The van der Waals surface area contributed by atoms with Crippen LogP contribution in [0.3, 0.4) is 0 Å². The van der Waals surface area contributed by atoms with Crippen molar-refractivity contribution < 1.29 is 9.15 Å². The number of furan rings is 1. The van der Waals surface area contributed by atoms with E-state index < -0.39 is 0 Å². The van der Waals surface area contributed by atoms with Gasteiger partial charge in [-0.05, 0) is 30.9 Å². The van der Waals surface area contributed by atoms with Crippen LogP contribution in [0.25, 0.3) is 10.6 Å². The molecule has 21 heavy (non-hydrogen) atoms. The molecular formula is C16H18N2O2S. The first-order chi connectivity index (χ1) is 10.3. The highest BCUT2D eigenvalue weighted by molar-refractivity contribution is 7.16. The van der Waals surface area contributed by atoms with Gasteiger partial charge in [0.15, 0.2) is 0 Å². The highest BCUT2D eigenvalue weighted by Gasteiger charge is 2.48. The zero-order valence-electron chi connectivity index (χ0n) is 11.8. The van der Waals surface area contributed by atoms with Crippen LogP contribution >= 0.6 is 11.3 Å². The molecule has 1 saturated carbocycles. The maximum atomic E-state index is 6.31. The van der Waals surface area contributed by atoms with E-state index in [4.69, 9.17) is 9.15 Å². The number of aromatic nitrogens is 1. The quantitative estimate of drug-likeness (QED) is 0.873. The van der Waals surface area contributed by atoms with Gasteiger partial charge in [0.25, 0.3) is 5.19 Å². The zero-order valence-corrected chi connectivity index (χ0v) is 12.6. The van der Waals surface area contributed by atoms with Crippen molar-refractivity contribution in [3.63, 3.8) is 0 Å². The summed E-state index contributed by atoms with van der Waals surface area (Å²) in [5.41, 5.74) is 0. The van der Waals surface area contributed by atoms with Crippen LogP contribution in [-0.2, 0) is 0 Å². The van der Waals surface area contributed by atoms with E-state index >= 15 is 0 Å². The second kappa shape index (κ2) is 4.58. The minimum atomic E-state index is 0.369. The van der Waals surface area contributed by atoms with Gasteiger partial charge in [-0.2, -0.15) is 0 Å². The van der Waals surface area contributed by atoms with Gasteiger partial charge in [-0.15, -0.1) is 0 Å². The maximum absolute atomic E-state index is 6.31. The first kappa shape index (κ1) is 12.2. The fraction of sp³-hybridized carbons (Fsp3) is 0.562. The Balaban J connectivity index is 1.36. The first-order valence-corrected chi connectivity index (χ1v) is 8.55. The van der Waals surface area contributed by atoms with Crippen LogP contribution in [0.5, 0.6) is 5.19 Å². The summed E-state index contributed by atoms with van der Waals surface area (Å²) in [5.74, 6) is 3.19. The molecule has 2 aromatic heterocycles. The molecule has 2 atom stereocenters. The Morgan fingerprint density at radius 3 is 2.81 bits per heavy atom. The largest absolute Gasteiger partial charge is 0.466 e. The van der Waals surface area contributed by atoms with E-state index in [9.17, 15) is 0 Å². The van der Waals surface area contributed by atoms with Crippen LogP contribution in [0.2, 0.25) is 0 Å². The molecule has 2 unspecified atom stereocenters. The Hall–Kier alpha value is -1.33. The molecule has 3 aliphatic heterocycles. The summed E-state index contributed by atoms with van der Waals surface area (Å²) in [6, 6.07) is 3.87. The molecule has 0 radical (unpaired) electrons. The number of thiazole rings is 1. The predicted molar refractivity (Wildman–Crippen MR) is 80.4 cm³/mol. The predicted octanol–water partition coefficient (Wildman–Crippen LogP) is 3.12. The number of ether oxygens (including phenoxy) is 1. The van der Waals surface area contributed by atoms with Gasteiger partial charge in [-0.25, -0.2) is 4.98 Å². The van der Waals surface area contributed by atoms with Crippen molar-refractivity contribution in [2.75, 3.05) is 19.6 Å². The maximum Gasteiger partial charge on any atom is 0.274 e. The van der Waals surface area contributed by atoms with Crippen molar-refractivity contribution in [2.24, 2.45) is 17.8 Å². The van der Waals surface area contributed by atoms with Crippen LogP contribution in [0, 0.1) is 17.8 Å². The van der Waals surface area contributed by atoms with Crippen LogP contribution in [0.4, 0.5) is 0 Å². The van der Waals surface area contributed by atoms with Gasteiger partial charge >= 0.3 is 0 Å². The van der Waals surface area contributed by atoms with Gasteiger partial charge in [0, 0.05) is 31.5 Å². The minimum Gasteiger partial charge on any atom is -0.466 e. The highest BCUT2D eigenvalue weighted by Crippen LogP contribution is 2.45. The lowest BCUT2D eigenvalue weighted by Crippen LogP contribution is -2.61. The fourth-order valence-corrected chi connectivity index (χ4v) is 5.29. The molecule has 4 nitrogen and oxygen atoms in total. The fourth-order valence-electron chi connectivity index (χ4n) is 4.52. The second-order valence-corrected chi connectivity index (χ2v) is 7.62. The summed E-state index contributed by atoms with van der Waals surface area (Å²) in [4.78, 5) is 8.12. The SMILES string of the molecule is c1coc(-c2cnc(OC3C4CC5CC3CN(C5)C4)s2)c1. The van der Waals surface area contributed by atoms with E-state index in [1.54, 1.807) is 17.6 Å². The van der Waals surface area contributed by atoms with Crippen LogP contribution in [0.15, 0.2) is 29.0 Å². The number of piperidine rings is 3. The molecule has 4 bridgehead atoms. The standard InChI is InChI=1S/C16H18N2O2S/c1-2-13(19-3-1)14-6-17-16(21-14)20-15-11-4-10-5-12(15)9-18(7-10)8-11/h1-3,6,10-12,15H,4-5,7-9H2. The highest BCUT2D eigenvalue weighted by atomic mass is 32.1. The molecule has 4 fully saturated rings. The lowest BCUT2D eigenvalue weighted by atomic mass is 9.66. The van der Waals surface area contributed by atoms with Gasteiger partial charge in [0.2, 0.25) is 0 Å². The van der Waals surface area contributed by atoms with Gasteiger partial charge < -0.3 is 14.1 Å². The summed E-state index contributed by atoms with van der Waals surface area (Å²) in [6.45, 7) is 3.75. The van der Waals surface area contributed by atoms with E-state index in [2.05, 4.69) is 9.88 Å². The average Bonchev–Trinajstić information content (AvgIpc) is 3.13. The van der Waals surface area contributed by atoms with E-state index in [1.165, 1.54) is 32.5 Å². The topological polar surface area (TPSA) is 38.5 Å². The van der Waals surface area contributed by atoms with E-state index in [0.717, 1.165) is 21.7 Å². The lowest BCUT2D eigenvalue weighted by molar-refractivity contribution is -0.0985. The van der Waals surface area contributed by atoms with Gasteiger partial charge in [-0.3, -0.25) is 0 Å². The minimum absolute atomic E-state index is 0.369. The Morgan fingerprint density at radius 1 is 1.24 bits per heavy atom. The van der Waals surface area contributed by atoms with Crippen molar-refractivity contribution in [3.05, 3.63) is 24.6 Å². The monoisotopic (exact) mass is 302 g/mol. The molecule has 4 aliphatic rings. The van der Waals surface area contributed by atoms with Gasteiger partial charge in [-0.1, -0.05) is 11.3 Å². The number of hydrogen-bond donors (Lipinski definition) is 0. The van der Waals surface area contributed by atoms with E-state index in [0.29, 0.717) is 17.9 Å².